The van der Waals surface area contributed by atoms with Gasteiger partial charge in [0, 0.05) is 5.92 Å². The van der Waals surface area contributed by atoms with Crippen LogP contribution in [0.25, 0.3) is 0 Å². The van der Waals surface area contributed by atoms with Gasteiger partial charge in [0.1, 0.15) is 5.75 Å². The first kappa shape index (κ1) is 13.0. The molecule has 0 amide bonds. The molecule has 0 radical (unpaired) electrons. The fraction of sp³-hybridized carbons (Fsp3) is 0.462. The predicted molar refractivity (Wildman–Crippen MR) is 71.9 cm³/mol. The number of ether oxygens (including phenoxy) is 1. The van der Waals surface area contributed by atoms with E-state index in [9.17, 15) is 0 Å². The quantitative estimate of drug-likeness (QED) is 0.800. The second kappa shape index (κ2) is 5.85. The van der Waals surface area contributed by atoms with E-state index in [4.69, 9.17) is 22.7 Å². The minimum atomic E-state index is 0.210. The lowest BCUT2D eigenvalue weighted by atomic mass is 10.0. The lowest BCUT2D eigenvalue weighted by molar-refractivity contribution is 0.242. The summed E-state index contributed by atoms with van der Waals surface area (Å²) in [6, 6.07) is 8.10. The Kier molecular flexibility index (Phi) is 4.74. The molecular weight excluding hydrogens is 218 g/mol. The molecule has 0 saturated carbocycles. The number of nitrogens with two attached hydrogens (primary N) is 1. The highest BCUT2D eigenvalue weighted by atomic mass is 32.1. The number of benzene rings is 1. The van der Waals surface area contributed by atoms with Crippen molar-refractivity contribution in [3.8, 4) is 5.75 Å². The van der Waals surface area contributed by atoms with Gasteiger partial charge in [0.25, 0.3) is 0 Å². The van der Waals surface area contributed by atoms with E-state index in [0.29, 0.717) is 4.99 Å². The van der Waals surface area contributed by atoms with E-state index in [-0.39, 0.29) is 12.0 Å². The molecule has 0 spiro atoms. The van der Waals surface area contributed by atoms with Crippen LogP contribution in [0.5, 0.6) is 5.75 Å². The Morgan fingerprint density at radius 1 is 1.25 bits per heavy atom. The molecule has 0 fully saturated rings. The third-order valence-corrected chi connectivity index (χ3v) is 2.73. The number of hydrogen-bond donors (Lipinski definition) is 1. The van der Waals surface area contributed by atoms with Gasteiger partial charge in [0.05, 0.1) is 11.1 Å². The Morgan fingerprint density at radius 3 is 2.25 bits per heavy atom. The summed E-state index contributed by atoms with van der Waals surface area (Å²) in [5.74, 6) is 1.15. The molecule has 1 unspecified atom stereocenters. The normalized spacial score (nSPS) is 12.5. The number of thiocarbonyl (C=S) groups is 1. The summed E-state index contributed by atoms with van der Waals surface area (Å²) >= 11 is 4.95. The predicted octanol–water partition coefficient (Wildman–Crippen LogP) is 2.94. The summed E-state index contributed by atoms with van der Waals surface area (Å²) in [4.78, 5) is 0.572. The first-order valence-electron chi connectivity index (χ1n) is 5.54. The smallest absolute Gasteiger partial charge is 0.119 e. The maximum Gasteiger partial charge on any atom is 0.119 e. The van der Waals surface area contributed by atoms with Crippen molar-refractivity contribution in [2.75, 3.05) is 0 Å². The Morgan fingerprint density at radius 2 is 1.81 bits per heavy atom. The van der Waals surface area contributed by atoms with Gasteiger partial charge in [0.15, 0.2) is 0 Å². The van der Waals surface area contributed by atoms with Crippen molar-refractivity contribution < 1.29 is 4.74 Å². The van der Waals surface area contributed by atoms with E-state index in [2.05, 4.69) is 12.1 Å². The second-order valence-electron chi connectivity index (χ2n) is 4.32. The third kappa shape index (κ3) is 4.19. The Bertz CT molecular complexity index is 345. The summed E-state index contributed by atoms with van der Waals surface area (Å²) in [7, 11) is 0. The zero-order valence-electron chi connectivity index (χ0n) is 10.1. The van der Waals surface area contributed by atoms with Crippen LogP contribution < -0.4 is 10.5 Å². The van der Waals surface area contributed by atoms with Crippen molar-refractivity contribution in [2.24, 2.45) is 11.7 Å². The molecule has 3 heteroatoms. The molecule has 0 saturated heterocycles. The van der Waals surface area contributed by atoms with Gasteiger partial charge in [-0.15, -0.1) is 0 Å². The van der Waals surface area contributed by atoms with Crippen molar-refractivity contribution in [2.45, 2.75) is 33.3 Å². The molecule has 1 aromatic carbocycles. The Balaban J connectivity index is 2.61. The SMILES string of the molecule is CC(C)Oc1ccc(CC(C)C(N)=S)cc1. The van der Waals surface area contributed by atoms with Crippen molar-refractivity contribution >= 4 is 17.2 Å². The topological polar surface area (TPSA) is 35.2 Å². The molecule has 0 aliphatic rings. The van der Waals surface area contributed by atoms with Crippen LogP contribution in [0.2, 0.25) is 0 Å². The van der Waals surface area contributed by atoms with E-state index in [1.54, 1.807) is 0 Å². The van der Waals surface area contributed by atoms with Crippen LogP contribution in [0.15, 0.2) is 24.3 Å². The van der Waals surface area contributed by atoms with Gasteiger partial charge in [-0.1, -0.05) is 31.3 Å². The molecule has 0 bridgehead atoms. The first-order chi connectivity index (χ1) is 7.49. The minimum absolute atomic E-state index is 0.210. The molecule has 0 aromatic heterocycles. The van der Waals surface area contributed by atoms with Gasteiger partial charge in [-0.2, -0.15) is 0 Å². The van der Waals surface area contributed by atoms with Crippen LogP contribution in [0.4, 0.5) is 0 Å². The average Bonchev–Trinajstić information content (AvgIpc) is 2.20. The zero-order valence-corrected chi connectivity index (χ0v) is 10.9. The summed E-state index contributed by atoms with van der Waals surface area (Å²) < 4.78 is 5.57. The maximum atomic E-state index is 5.59. The molecule has 2 N–H and O–H groups in total. The van der Waals surface area contributed by atoms with Crippen LogP contribution >= 0.6 is 12.2 Å². The highest BCUT2D eigenvalue weighted by molar-refractivity contribution is 7.80. The molecule has 1 atom stereocenters. The fourth-order valence-corrected chi connectivity index (χ4v) is 1.51. The molecular formula is C13H19NOS. The average molecular weight is 237 g/mol. The molecule has 0 aliphatic carbocycles. The standard InChI is InChI=1S/C13H19NOS/c1-9(2)15-12-6-4-11(5-7-12)8-10(3)13(14)16/h4-7,9-10H,8H2,1-3H3,(H2,14,16). The van der Waals surface area contributed by atoms with Gasteiger partial charge < -0.3 is 10.5 Å². The summed E-state index contributed by atoms with van der Waals surface area (Å²) in [5, 5.41) is 0. The van der Waals surface area contributed by atoms with E-state index >= 15 is 0 Å². The highest BCUT2D eigenvalue weighted by Crippen LogP contribution is 2.16. The van der Waals surface area contributed by atoms with Gasteiger partial charge >= 0.3 is 0 Å². The zero-order chi connectivity index (χ0) is 12.1. The van der Waals surface area contributed by atoms with E-state index in [0.717, 1.165) is 12.2 Å². The van der Waals surface area contributed by atoms with Gasteiger partial charge in [-0.3, -0.25) is 0 Å². The molecule has 16 heavy (non-hydrogen) atoms. The summed E-state index contributed by atoms with van der Waals surface area (Å²) in [5.41, 5.74) is 6.82. The van der Waals surface area contributed by atoms with Crippen LogP contribution in [0, 0.1) is 5.92 Å². The molecule has 0 heterocycles. The minimum Gasteiger partial charge on any atom is -0.491 e. The van der Waals surface area contributed by atoms with Crippen LogP contribution in [-0.4, -0.2) is 11.1 Å². The summed E-state index contributed by atoms with van der Waals surface area (Å²) in [6.07, 6.45) is 1.10. The molecule has 0 aliphatic heterocycles. The van der Waals surface area contributed by atoms with E-state index < -0.39 is 0 Å². The van der Waals surface area contributed by atoms with Crippen molar-refractivity contribution in [3.05, 3.63) is 29.8 Å². The molecule has 1 rings (SSSR count). The fourth-order valence-electron chi connectivity index (χ4n) is 1.43. The second-order valence-corrected chi connectivity index (χ2v) is 4.79. The highest BCUT2D eigenvalue weighted by Gasteiger charge is 2.06. The first-order valence-corrected chi connectivity index (χ1v) is 5.94. The van der Waals surface area contributed by atoms with E-state index in [1.807, 2.05) is 32.9 Å². The lowest BCUT2D eigenvalue weighted by Gasteiger charge is -2.12. The molecule has 1 aromatic rings. The lowest BCUT2D eigenvalue weighted by Crippen LogP contribution is -2.20. The maximum absolute atomic E-state index is 5.59. The van der Waals surface area contributed by atoms with Crippen LogP contribution in [0.1, 0.15) is 26.3 Å². The Hall–Kier alpha value is -1.09. The third-order valence-electron chi connectivity index (χ3n) is 2.32. The number of rotatable bonds is 5. The van der Waals surface area contributed by atoms with Gasteiger partial charge in [-0.25, -0.2) is 0 Å². The van der Waals surface area contributed by atoms with Crippen molar-refractivity contribution in [3.63, 3.8) is 0 Å². The van der Waals surface area contributed by atoms with E-state index in [1.165, 1.54) is 5.56 Å². The van der Waals surface area contributed by atoms with Crippen LogP contribution in [0.3, 0.4) is 0 Å². The van der Waals surface area contributed by atoms with Crippen molar-refractivity contribution in [1.82, 2.24) is 0 Å². The molecule has 2 nitrogen and oxygen atoms in total. The van der Waals surface area contributed by atoms with Gasteiger partial charge in [0.2, 0.25) is 0 Å². The molecule has 88 valence electrons. The Labute approximate surface area is 103 Å². The van der Waals surface area contributed by atoms with Gasteiger partial charge in [-0.05, 0) is 38.0 Å². The van der Waals surface area contributed by atoms with Crippen LogP contribution in [-0.2, 0) is 6.42 Å². The largest absolute Gasteiger partial charge is 0.491 e. The summed E-state index contributed by atoms with van der Waals surface area (Å²) in [6.45, 7) is 6.08. The van der Waals surface area contributed by atoms with Crippen molar-refractivity contribution in [1.29, 1.82) is 0 Å². The number of hydrogen-bond acceptors (Lipinski definition) is 2. The monoisotopic (exact) mass is 237 g/mol.